The molecule has 4 N–H and O–H groups in total. The maximum Gasteiger partial charge on any atom is 0.267 e. The first-order valence-corrected chi connectivity index (χ1v) is 12.7. The third-order valence-electron chi connectivity index (χ3n) is 7.63. The van der Waals surface area contributed by atoms with Gasteiger partial charge >= 0.3 is 0 Å². The molecule has 1 atom stereocenters. The quantitative estimate of drug-likeness (QED) is 0.142. The van der Waals surface area contributed by atoms with Crippen LogP contribution in [0.5, 0.6) is 5.75 Å². The fourth-order valence-electron chi connectivity index (χ4n) is 5.55. The molecule has 2 heterocycles. The number of nitrogens with one attached hydrogen (secondary N) is 3. The van der Waals surface area contributed by atoms with Crippen LogP contribution in [0, 0.1) is 13.8 Å². The molecule has 2 aromatic carbocycles. The van der Waals surface area contributed by atoms with E-state index in [2.05, 4.69) is 65.4 Å². The zero-order valence-corrected chi connectivity index (χ0v) is 21.6. The van der Waals surface area contributed by atoms with Gasteiger partial charge in [-0.3, -0.25) is 14.9 Å². The number of aromatic amines is 2. The number of carbonyl (C=O) groups excluding carboxylic acids is 1. The van der Waals surface area contributed by atoms with E-state index >= 15 is 0 Å². The molecule has 1 aliphatic rings. The molecule has 0 bridgehead atoms. The van der Waals surface area contributed by atoms with Gasteiger partial charge in [0.2, 0.25) is 0 Å². The second-order valence-electron chi connectivity index (χ2n) is 9.84. The van der Waals surface area contributed by atoms with Crippen LogP contribution < -0.4 is 10.2 Å². The molecule has 0 aliphatic heterocycles. The van der Waals surface area contributed by atoms with E-state index in [4.69, 9.17) is 9.94 Å². The number of carbonyl (C=O) groups is 1. The maximum absolute atomic E-state index is 11.4. The summed E-state index contributed by atoms with van der Waals surface area (Å²) in [6, 6.07) is 12.9. The fourth-order valence-corrected chi connectivity index (χ4v) is 5.55. The van der Waals surface area contributed by atoms with Crippen molar-refractivity contribution in [3.8, 4) is 5.75 Å². The van der Waals surface area contributed by atoms with E-state index in [1.165, 1.54) is 45.0 Å². The summed E-state index contributed by atoms with van der Waals surface area (Å²) < 4.78 is 5.39. The molecule has 7 nitrogen and oxygen atoms in total. The lowest BCUT2D eigenvalue weighted by Crippen LogP contribution is -2.29. The van der Waals surface area contributed by atoms with E-state index in [-0.39, 0.29) is 0 Å². The van der Waals surface area contributed by atoms with Gasteiger partial charge in [0.1, 0.15) is 5.75 Å². The number of methoxy groups -OCH3 is 1. The van der Waals surface area contributed by atoms with Crippen molar-refractivity contribution in [3.63, 3.8) is 0 Å². The Hall–Kier alpha value is -3.81. The van der Waals surface area contributed by atoms with Crippen molar-refractivity contribution in [1.82, 2.24) is 20.3 Å². The molecule has 1 aliphatic carbocycles. The molecule has 0 radical (unpaired) electrons. The smallest absolute Gasteiger partial charge is 0.267 e. The third kappa shape index (κ3) is 5.19. The molecule has 5 rings (SSSR count). The summed E-state index contributed by atoms with van der Waals surface area (Å²) in [5, 5.41) is 9.98. The van der Waals surface area contributed by atoms with E-state index in [1.54, 1.807) is 18.7 Å². The maximum atomic E-state index is 11.4. The Morgan fingerprint density at radius 1 is 1.19 bits per heavy atom. The van der Waals surface area contributed by atoms with Gasteiger partial charge in [-0.2, -0.15) is 0 Å². The van der Waals surface area contributed by atoms with Crippen molar-refractivity contribution in [2.45, 2.75) is 45.7 Å². The SMILES string of the molecule is COc1ccc2c(CCN(Cc3c(C)c[nH]c3C)C3CCc4cc(C=CC(=O)NO)ccc43)c[nH]c2c1. The molecule has 7 heteroatoms. The standard InChI is InChI=1S/C30H34N4O3/c1-19-16-31-20(2)27(19)18-34(13-12-23-17-32-28-15-24(37-3)7-9-25(23)28)29-10-6-22-14-21(4-8-26(22)29)5-11-30(35)33-36/h4-5,7-9,11,14-17,29,31-32,36H,6,10,12-13,18H2,1-3H3,(H,33,35). The summed E-state index contributed by atoms with van der Waals surface area (Å²) in [5.74, 6) is 0.326. The predicted molar refractivity (Wildman–Crippen MR) is 146 cm³/mol. The number of aromatic nitrogens is 2. The van der Waals surface area contributed by atoms with E-state index < -0.39 is 5.91 Å². The number of H-pyrrole nitrogens is 2. The van der Waals surface area contributed by atoms with Crippen molar-refractivity contribution in [3.05, 3.63) is 93.9 Å². The molecular weight excluding hydrogens is 464 g/mol. The molecule has 37 heavy (non-hydrogen) atoms. The number of amides is 1. The number of aryl methyl sites for hydroxylation is 3. The van der Waals surface area contributed by atoms with Crippen molar-refractivity contribution < 1.29 is 14.7 Å². The van der Waals surface area contributed by atoms with Gasteiger partial charge in [0.15, 0.2) is 0 Å². The Kier molecular flexibility index (Phi) is 7.17. The first-order valence-electron chi connectivity index (χ1n) is 12.7. The lowest BCUT2D eigenvalue weighted by Gasteiger charge is -2.30. The zero-order chi connectivity index (χ0) is 25.9. The summed E-state index contributed by atoms with van der Waals surface area (Å²) in [4.78, 5) is 20.8. The first kappa shape index (κ1) is 24.9. The molecule has 0 spiro atoms. The van der Waals surface area contributed by atoms with E-state index in [9.17, 15) is 4.79 Å². The number of hydrogen-bond donors (Lipinski definition) is 4. The molecule has 1 unspecified atom stereocenters. The number of hydroxylamine groups is 1. The summed E-state index contributed by atoms with van der Waals surface area (Å²) >= 11 is 0. The highest BCUT2D eigenvalue weighted by Crippen LogP contribution is 2.38. The highest BCUT2D eigenvalue weighted by atomic mass is 16.5. The summed E-state index contributed by atoms with van der Waals surface area (Å²) in [7, 11) is 1.69. The van der Waals surface area contributed by atoms with Crippen LogP contribution in [0.4, 0.5) is 0 Å². The Balaban J connectivity index is 1.41. The second-order valence-corrected chi connectivity index (χ2v) is 9.84. The molecule has 2 aromatic heterocycles. The molecule has 0 fully saturated rings. The van der Waals surface area contributed by atoms with Crippen molar-refractivity contribution in [1.29, 1.82) is 0 Å². The Labute approximate surface area is 217 Å². The highest BCUT2D eigenvalue weighted by Gasteiger charge is 2.29. The minimum Gasteiger partial charge on any atom is -0.497 e. The van der Waals surface area contributed by atoms with Crippen molar-refractivity contribution >= 4 is 22.9 Å². The number of fused-ring (bicyclic) bond motifs is 2. The lowest BCUT2D eigenvalue weighted by molar-refractivity contribution is -0.124. The Bertz CT molecular complexity index is 1430. The molecular formula is C30H34N4O3. The van der Waals surface area contributed by atoms with E-state index in [1.807, 2.05) is 12.1 Å². The number of benzene rings is 2. The number of rotatable bonds is 9. The van der Waals surface area contributed by atoms with Crippen molar-refractivity contribution in [2.75, 3.05) is 13.7 Å². The first-order chi connectivity index (χ1) is 18.0. The third-order valence-corrected chi connectivity index (χ3v) is 7.63. The van der Waals surface area contributed by atoms with Crippen LogP contribution in [0.15, 0.2) is 54.9 Å². The minimum atomic E-state index is -0.530. The van der Waals surface area contributed by atoms with Crippen LogP contribution in [0.1, 0.15) is 51.5 Å². The van der Waals surface area contributed by atoms with E-state index in [0.717, 1.165) is 49.2 Å². The summed E-state index contributed by atoms with van der Waals surface area (Å²) in [6.07, 6.45) is 10.3. The van der Waals surface area contributed by atoms with Gasteiger partial charge in [-0.15, -0.1) is 0 Å². The molecule has 0 saturated heterocycles. The summed E-state index contributed by atoms with van der Waals surface area (Å²) in [6.45, 7) is 6.15. The minimum absolute atomic E-state index is 0.327. The second kappa shape index (κ2) is 10.7. The topological polar surface area (TPSA) is 93.4 Å². The molecule has 0 saturated carbocycles. The molecule has 1 amide bonds. The van der Waals surface area contributed by atoms with Gasteiger partial charge in [0.05, 0.1) is 7.11 Å². The van der Waals surface area contributed by atoms with Crippen molar-refractivity contribution in [2.24, 2.45) is 0 Å². The number of ether oxygens (including phenoxy) is 1. The van der Waals surface area contributed by atoms with Gasteiger partial charge < -0.3 is 14.7 Å². The normalized spacial score (nSPS) is 15.1. The van der Waals surface area contributed by atoms with Gasteiger partial charge in [-0.25, -0.2) is 5.48 Å². The average Bonchev–Trinajstić information content (AvgIpc) is 3.61. The van der Waals surface area contributed by atoms with Crippen LogP contribution in [0.3, 0.4) is 0 Å². The van der Waals surface area contributed by atoms with E-state index in [0.29, 0.717) is 6.04 Å². The van der Waals surface area contributed by atoms with Gasteiger partial charge in [0, 0.05) is 60.3 Å². The summed E-state index contributed by atoms with van der Waals surface area (Å²) in [5.41, 5.74) is 11.6. The molecule has 4 aromatic rings. The monoisotopic (exact) mass is 498 g/mol. The van der Waals surface area contributed by atoms with Crippen LogP contribution in [0.25, 0.3) is 17.0 Å². The van der Waals surface area contributed by atoms with Crippen LogP contribution in [0.2, 0.25) is 0 Å². The van der Waals surface area contributed by atoms with Gasteiger partial charge in [-0.05, 0) is 84.7 Å². The van der Waals surface area contributed by atoms with Gasteiger partial charge in [-0.1, -0.05) is 18.2 Å². The highest BCUT2D eigenvalue weighted by molar-refractivity contribution is 5.90. The van der Waals surface area contributed by atoms with Crippen LogP contribution in [-0.2, 0) is 24.2 Å². The lowest BCUT2D eigenvalue weighted by atomic mass is 10.0. The number of hydrogen-bond acceptors (Lipinski definition) is 4. The fraction of sp³-hybridized carbons (Fsp3) is 0.300. The average molecular weight is 499 g/mol. The molecule has 192 valence electrons. The Morgan fingerprint density at radius 3 is 2.81 bits per heavy atom. The Morgan fingerprint density at radius 2 is 2.05 bits per heavy atom. The largest absolute Gasteiger partial charge is 0.497 e. The van der Waals surface area contributed by atoms with Gasteiger partial charge in [0.25, 0.3) is 5.91 Å². The zero-order valence-electron chi connectivity index (χ0n) is 21.6. The van der Waals surface area contributed by atoms with Crippen LogP contribution >= 0.6 is 0 Å². The predicted octanol–water partition coefficient (Wildman–Crippen LogP) is 5.37. The number of nitrogens with zero attached hydrogens (tertiary/aromatic N) is 1. The van der Waals surface area contributed by atoms with Crippen LogP contribution in [-0.4, -0.2) is 39.6 Å².